The second-order valence-corrected chi connectivity index (χ2v) is 4.21. The quantitative estimate of drug-likeness (QED) is 0.435. The molecule has 0 aliphatic heterocycles. The van der Waals surface area contributed by atoms with E-state index in [1.54, 1.807) is 0 Å². The smallest absolute Gasteiger partial charge is 0.0121 e. The van der Waals surface area contributed by atoms with Gasteiger partial charge in [0.25, 0.3) is 0 Å². The van der Waals surface area contributed by atoms with Crippen LogP contribution in [0.15, 0.2) is 12.2 Å². The van der Waals surface area contributed by atoms with Gasteiger partial charge in [0.1, 0.15) is 0 Å². The Morgan fingerprint density at radius 3 is 1.78 bits per heavy atom. The summed E-state index contributed by atoms with van der Waals surface area (Å²) in [4.78, 5) is 0. The Morgan fingerprint density at radius 1 is 1.11 bits per heavy atom. The third kappa shape index (κ3) is 0.910. The molecule has 0 radical (unpaired) electrons. The summed E-state index contributed by atoms with van der Waals surface area (Å²) in [6.07, 6.45) is 5.85. The van der Waals surface area contributed by atoms with Crippen molar-refractivity contribution >= 4 is 0 Å². The fraction of sp³-hybridized carbons (Fsp3) is 0.778. The molecular weight excluding hydrogens is 108 g/mol. The fourth-order valence-electron chi connectivity index (χ4n) is 1.14. The van der Waals surface area contributed by atoms with Crippen molar-refractivity contribution in [3.05, 3.63) is 12.2 Å². The Labute approximate surface area is 58.0 Å². The molecule has 0 aromatic rings. The zero-order chi connectivity index (χ0) is 7.12. The topological polar surface area (TPSA) is 0 Å². The van der Waals surface area contributed by atoms with E-state index >= 15 is 0 Å². The second-order valence-electron chi connectivity index (χ2n) is 4.21. The molecule has 0 saturated heterocycles. The predicted molar refractivity (Wildman–Crippen MR) is 41.3 cm³/mol. The summed E-state index contributed by atoms with van der Waals surface area (Å²) < 4.78 is 0. The molecule has 9 heavy (non-hydrogen) atoms. The first-order valence-electron chi connectivity index (χ1n) is 3.63. The van der Waals surface area contributed by atoms with Crippen LogP contribution in [0.2, 0.25) is 0 Å². The van der Waals surface area contributed by atoms with Crippen molar-refractivity contribution in [2.45, 2.75) is 34.1 Å². The van der Waals surface area contributed by atoms with Gasteiger partial charge in [-0.25, -0.2) is 0 Å². The lowest BCUT2D eigenvalue weighted by molar-refractivity contribution is 0.190. The zero-order valence-corrected chi connectivity index (χ0v) is 6.86. The maximum absolute atomic E-state index is 2.33. The van der Waals surface area contributed by atoms with E-state index in [2.05, 4.69) is 39.8 Å². The highest BCUT2D eigenvalue weighted by Gasteiger charge is 2.37. The summed E-state index contributed by atoms with van der Waals surface area (Å²) in [7, 11) is 0. The summed E-state index contributed by atoms with van der Waals surface area (Å²) in [6, 6.07) is 0. The van der Waals surface area contributed by atoms with Crippen LogP contribution in [0, 0.1) is 10.8 Å². The van der Waals surface area contributed by atoms with Crippen LogP contribution in [0.5, 0.6) is 0 Å². The van der Waals surface area contributed by atoms with Gasteiger partial charge in [0.05, 0.1) is 0 Å². The van der Waals surface area contributed by atoms with E-state index in [1.807, 2.05) is 0 Å². The van der Waals surface area contributed by atoms with Gasteiger partial charge in [-0.3, -0.25) is 0 Å². The maximum atomic E-state index is 2.33. The molecule has 0 aromatic heterocycles. The highest BCUT2D eigenvalue weighted by Crippen LogP contribution is 2.47. The summed E-state index contributed by atoms with van der Waals surface area (Å²) in [5, 5.41) is 0. The van der Waals surface area contributed by atoms with E-state index in [9.17, 15) is 0 Å². The monoisotopic (exact) mass is 124 g/mol. The van der Waals surface area contributed by atoms with Crippen molar-refractivity contribution in [2.24, 2.45) is 10.8 Å². The van der Waals surface area contributed by atoms with Gasteiger partial charge in [0, 0.05) is 0 Å². The number of hydrogen-bond acceptors (Lipinski definition) is 0. The largest absolute Gasteiger partial charge is 0.0874 e. The van der Waals surface area contributed by atoms with Crippen LogP contribution >= 0.6 is 0 Å². The first-order chi connectivity index (χ1) is 3.96. The normalized spacial score (nSPS) is 28.9. The molecule has 0 nitrogen and oxygen atoms in total. The molecule has 0 amide bonds. The summed E-state index contributed by atoms with van der Waals surface area (Å²) in [5.74, 6) is 0. The molecule has 0 unspecified atom stereocenters. The molecule has 0 atom stereocenters. The summed E-state index contributed by atoms with van der Waals surface area (Å²) in [5.41, 5.74) is 0.889. The Morgan fingerprint density at radius 2 is 1.67 bits per heavy atom. The lowest BCUT2D eigenvalue weighted by atomic mass is 9.71. The van der Waals surface area contributed by atoms with Crippen molar-refractivity contribution in [3.63, 3.8) is 0 Å². The van der Waals surface area contributed by atoms with Crippen LogP contribution in [-0.4, -0.2) is 0 Å². The third-order valence-corrected chi connectivity index (χ3v) is 2.91. The molecule has 0 saturated carbocycles. The van der Waals surface area contributed by atoms with Crippen LogP contribution in [0.4, 0.5) is 0 Å². The van der Waals surface area contributed by atoms with Gasteiger partial charge in [-0.2, -0.15) is 0 Å². The standard InChI is InChI=1S/C9H16/c1-8(2)6-5-7-9(8,3)4/h5-6H,7H2,1-4H3. The number of rotatable bonds is 0. The molecule has 0 bridgehead atoms. The van der Waals surface area contributed by atoms with Gasteiger partial charge >= 0.3 is 0 Å². The Bertz CT molecular complexity index is 138. The lowest BCUT2D eigenvalue weighted by Gasteiger charge is -2.34. The maximum Gasteiger partial charge on any atom is -0.0121 e. The van der Waals surface area contributed by atoms with Crippen molar-refractivity contribution in [1.82, 2.24) is 0 Å². The molecule has 0 aromatic carbocycles. The molecule has 0 heterocycles. The molecule has 1 aliphatic carbocycles. The third-order valence-electron chi connectivity index (χ3n) is 2.91. The number of allylic oxidation sites excluding steroid dienone is 2. The first-order valence-corrected chi connectivity index (χ1v) is 3.63. The van der Waals surface area contributed by atoms with E-state index in [0.29, 0.717) is 10.8 Å². The Balaban J connectivity index is 2.84. The summed E-state index contributed by atoms with van der Waals surface area (Å²) in [6.45, 7) is 9.26. The van der Waals surface area contributed by atoms with Gasteiger partial charge in [0.2, 0.25) is 0 Å². The molecule has 1 aliphatic rings. The summed E-state index contributed by atoms with van der Waals surface area (Å²) >= 11 is 0. The Kier molecular flexibility index (Phi) is 1.23. The SMILES string of the molecule is CC1(C)C=CCC1(C)C. The van der Waals surface area contributed by atoms with Crippen LogP contribution in [0.3, 0.4) is 0 Å². The van der Waals surface area contributed by atoms with Gasteiger partial charge in [-0.15, -0.1) is 0 Å². The molecule has 52 valence electrons. The van der Waals surface area contributed by atoms with Gasteiger partial charge < -0.3 is 0 Å². The zero-order valence-electron chi connectivity index (χ0n) is 6.86. The molecule has 1 rings (SSSR count). The minimum absolute atomic E-state index is 0.410. The molecule has 0 N–H and O–H groups in total. The van der Waals surface area contributed by atoms with Crippen LogP contribution in [-0.2, 0) is 0 Å². The van der Waals surface area contributed by atoms with E-state index in [1.165, 1.54) is 6.42 Å². The predicted octanol–water partition coefficient (Wildman–Crippen LogP) is 3.00. The van der Waals surface area contributed by atoms with E-state index in [4.69, 9.17) is 0 Å². The average Bonchev–Trinajstić information content (AvgIpc) is 1.81. The fourth-order valence-corrected chi connectivity index (χ4v) is 1.14. The van der Waals surface area contributed by atoms with E-state index in [-0.39, 0.29) is 0 Å². The molecule has 0 spiro atoms. The van der Waals surface area contributed by atoms with E-state index in [0.717, 1.165) is 0 Å². The van der Waals surface area contributed by atoms with Gasteiger partial charge in [-0.1, -0.05) is 39.8 Å². The highest BCUT2D eigenvalue weighted by molar-refractivity contribution is 5.11. The Hall–Kier alpha value is -0.260. The second kappa shape index (κ2) is 1.62. The number of hydrogen-bond donors (Lipinski definition) is 0. The molecule has 0 heteroatoms. The molecule has 0 fully saturated rings. The van der Waals surface area contributed by atoms with Gasteiger partial charge in [-0.05, 0) is 17.3 Å². The van der Waals surface area contributed by atoms with Crippen molar-refractivity contribution in [1.29, 1.82) is 0 Å². The van der Waals surface area contributed by atoms with Gasteiger partial charge in [0.15, 0.2) is 0 Å². The van der Waals surface area contributed by atoms with Crippen LogP contribution < -0.4 is 0 Å². The minimum atomic E-state index is 0.410. The van der Waals surface area contributed by atoms with Crippen molar-refractivity contribution in [3.8, 4) is 0 Å². The highest BCUT2D eigenvalue weighted by atomic mass is 14.4. The average molecular weight is 124 g/mol. The van der Waals surface area contributed by atoms with Crippen molar-refractivity contribution < 1.29 is 0 Å². The lowest BCUT2D eigenvalue weighted by Crippen LogP contribution is -2.25. The van der Waals surface area contributed by atoms with Crippen LogP contribution in [0.1, 0.15) is 34.1 Å². The minimum Gasteiger partial charge on any atom is -0.0874 e. The van der Waals surface area contributed by atoms with Crippen LogP contribution in [0.25, 0.3) is 0 Å². The first kappa shape index (κ1) is 6.85. The van der Waals surface area contributed by atoms with Crippen molar-refractivity contribution in [2.75, 3.05) is 0 Å². The van der Waals surface area contributed by atoms with E-state index < -0.39 is 0 Å². The molecular formula is C9H16.